The maximum absolute atomic E-state index is 6.18. The van der Waals surface area contributed by atoms with E-state index < -0.39 is 0 Å². The van der Waals surface area contributed by atoms with Gasteiger partial charge in [-0.25, -0.2) is 0 Å². The molecule has 1 saturated carbocycles. The number of amidine groups is 1. The fraction of sp³-hybridized carbons (Fsp3) is 0.500. The predicted octanol–water partition coefficient (Wildman–Crippen LogP) is 5.24. The lowest BCUT2D eigenvalue weighted by atomic mass is 10.0. The summed E-state index contributed by atoms with van der Waals surface area (Å²) in [6, 6.07) is 4.00. The largest absolute Gasteiger partial charge is 0.334 e. The minimum absolute atomic E-state index is 0.216. The summed E-state index contributed by atoms with van der Waals surface area (Å²) >= 11 is 11.6. The first kappa shape index (κ1) is 13.8. The van der Waals surface area contributed by atoms with Crippen molar-refractivity contribution >= 4 is 50.1 Å². The minimum atomic E-state index is 0.216. The molecule has 0 atom stereocenters. The normalized spacial score (nSPS) is 20.9. The van der Waals surface area contributed by atoms with Crippen LogP contribution in [0.15, 0.2) is 21.6 Å². The summed E-state index contributed by atoms with van der Waals surface area (Å²) in [5.74, 6) is 1.12. The second kappa shape index (κ2) is 5.30. The fourth-order valence-corrected chi connectivity index (χ4v) is 4.61. The summed E-state index contributed by atoms with van der Waals surface area (Å²) in [5.41, 5.74) is 2.29. The van der Waals surface area contributed by atoms with Crippen molar-refractivity contribution in [1.29, 1.82) is 0 Å². The monoisotopic (exact) mass is 358 g/mol. The lowest BCUT2D eigenvalue weighted by Crippen LogP contribution is -2.21. The van der Waals surface area contributed by atoms with Gasteiger partial charge in [0.1, 0.15) is 0 Å². The molecule has 1 aliphatic carbocycles. The fourth-order valence-electron chi connectivity index (χ4n) is 2.69. The molecular weight excluding hydrogens is 344 g/mol. The highest BCUT2D eigenvalue weighted by Gasteiger charge is 2.38. The molecule has 2 aliphatic rings. The molecule has 1 aromatic carbocycles. The van der Waals surface area contributed by atoms with Crippen molar-refractivity contribution in [1.82, 2.24) is 0 Å². The second-order valence-electron chi connectivity index (χ2n) is 5.34. The molecule has 0 unspecified atom stereocenters. The van der Waals surface area contributed by atoms with Gasteiger partial charge >= 0.3 is 0 Å². The Hall–Kier alpha value is -0.190. The molecule has 1 fully saturated rings. The Bertz CT molecular complexity index is 538. The van der Waals surface area contributed by atoms with Gasteiger partial charge in [-0.2, -0.15) is 0 Å². The number of anilines is 1. The highest BCUT2D eigenvalue weighted by Crippen LogP contribution is 2.41. The highest BCUT2D eigenvalue weighted by atomic mass is 79.9. The molecular formula is C14H16BrClN2S. The van der Waals surface area contributed by atoms with E-state index in [1.54, 1.807) is 0 Å². The lowest BCUT2D eigenvalue weighted by Gasteiger charge is -2.16. The molecule has 0 aromatic heterocycles. The molecule has 0 radical (unpaired) electrons. The Morgan fingerprint density at radius 2 is 2.11 bits per heavy atom. The molecule has 2 nitrogen and oxygen atoms in total. The molecule has 5 heteroatoms. The van der Waals surface area contributed by atoms with Crippen molar-refractivity contribution in [2.75, 3.05) is 11.1 Å². The van der Waals surface area contributed by atoms with Gasteiger partial charge in [-0.15, -0.1) is 0 Å². The van der Waals surface area contributed by atoms with E-state index in [2.05, 4.69) is 21.2 Å². The van der Waals surface area contributed by atoms with Gasteiger partial charge in [0, 0.05) is 15.2 Å². The van der Waals surface area contributed by atoms with Crippen molar-refractivity contribution in [3.05, 3.63) is 27.2 Å². The Kier molecular flexibility index (Phi) is 3.84. The molecule has 1 heterocycles. The molecule has 0 amide bonds. The Morgan fingerprint density at radius 1 is 1.37 bits per heavy atom. The van der Waals surface area contributed by atoms with Crippen molar-refractivity contribution in [2.45, 2.75) is 38.1 Å². The first-order valence-electron chi connectivity index (χ1n) is 6.53. The number of thioether (sulfide) groups is 1. The predicted molar refractivity (Wildman–Crippen MR) is 88.6 cm³/mol. The van der Waals surface area contributed by atoms with Gasteiger partial charge in [0.25, 0.3) is 0 Å². The van der Waals surface area contributed by atoms with Gasteiger partial charge in [-0.05, 0) is 53.4 Å². The van der Waals surface area contributed by atoms with Crippen LogP contribution in [0.5, 0.6) is 0 Å². The van der Waals surface area contributed by atoms with E-state index in [9.17, 15) is 0 Å². The van der Waals surface area contributed by atoms with E-state index in [1.807, 2.05) is 30.8 Å². The minimum Gasteiger partial charge on any atom is -0.334 e. The van der Waals surface area contributed by atoms with Crippen LogP contribution in [-0.2, 0) is 0 Å². The van der Waals surface area contributed by atoms with Crippen LogP contribution in [-0.4, -0.2) is 16.5 Å². The van der Waals surface area contributed by atoms with Crippen LogP contribution in [0.25, 0.3) is 0 Å². The number of nitrogens with one attached hydrogen (secondary N) is 1. The number of hydrogen-bond acceptors (Lipinski definition) is 3. The number of nitrogens with zero attached hydrogens (tertiary/aromatic N) is 1. The molecule has 102 valence electrons. The maximum Gasteiger partial charge on any atom is 0.161 e. The van der Waals surface area contributed by atoms with Gasteiger partial charge in [-0.1, -0.05) is 36.2 Å². The number of rotatable bonds is 1. The second-order valence-corrected chi connectivity index (χ2v) is 7.57. The van der Waals surface area contributed by atoms with Gasteiger partial charge in [0.2, 0.25) is 0 Å². The third kappa shape index (κ3) is 2.81. The zero-order valence-corrected chi connectivity index (χ0v) is 14.0. The average Bonchev–Trinajstić information content (AvgIpc) is 2.98. The molecule has 1 spiro atoms. The third-order valence-corrected chi connectivity index (χ3v) is 6.05. The molecule has 0 bridgehead atoms. The van der Waals surface area contributed by atoms with E-state index in [4.69, 9.17) is 16.6 Å². The molecule has 1 N–H and O–H groups in total. The van der Waals surface area contributed by atoms with Crippen LogP contribution in [0.2, 0.25) is 5.02 Å². The highest BCUT2D eigenvalue weighted by molar-refractivity contribution is 9.10. The standard InChI is InChI=1S/C14H16BrClN2S/c1-9-6-10(15)12(7-11(9)16)17-13-18-14(8-19-13)4-2-3-5-14/h6-7H,2-5,8H2,1H3,(H,17,18). The Labute approximate surface area is 131 Å². The van der Waals surface area contributed by atoms with E-state index in [1.165, 1.54) is 25.7 Å². The van der Waals surface area contributed by atoms with Crippen molar-refractivity contribution < 1.29 is 0 Å². The molecule has 0 saturated heterocycles. The quantitative estimate of drug-likeness (QED) is 0.741. The van der Waals surface area contributed by atoms with E-state index in [-0.39, 0.29) is 5.54 Å². The van der Waals surface area contributed by atoms with E-state index in [0.29, 0.717) is 0 Å². The van der Waals surface area contributed by atoms with Gasteiger partial charge in [0.15, 0.2) is 5.17 Å². The average molecular weight is 360 g/mol. The number of aryl methyl sites for hydroxylation is 1. The van der Waals surface area contributed by atoms with Crippen molar-refractivity contribution in [2.24, 2.45) is 4.99 Å². The summed E-state index contributed by atoms with van der Waals surface area (Å²) in [6.07, 6.45) is 5.11. The maximum atomic E-state index is 6.18. The topological polar surface area (TPSA) is 24.4 Å². The van der Waals surface area contributed by atoms with Crippen LogP contribution < -0.4 is 5.32 Å². The van der Waals surface area contributed by atoms with Crippen LogP contribution in [0.1, 0.15) is 31.2 Å². The summed E-state index contributed by atoms with van der Waals surface area (Å²) < 4.78 is 1.03. The molecule has 3 rings (SSSR count). The summed E-state index contributed by atoms with van der Waals surface area (Å²) in [4.78, 5) is 4.91. The number of hydrogen-bond donors (Lipinski definition) is 1. The summed E-state index contributed by atoms with van der Waals surface area (Å²) in [6.45, 7) is 2.01. The summed E-state index contributed by atoms with van der Waals surface area (Å²) in [5, 5.41) is 5.22. The van der Waals surface area contributed by atoms with E-state index in [0.717, 1.165) is 31.7 Å². The van der Waals surface area contributed by atoms with E-state index >= 15 is 0 Å². The van der Waals surface area contributed by atoms with Gasteiger partial charge in [0.05, 0.1) is 11.2 Å². The zero-order chi connectivity index (χ0) is 13.5. The van der Waals surface area contributed by atoms with Gasteiger partial charge < -0.3 is 5.32 Å². The van der Waals surface area contributed by atoms with Crippen molar-refractivity contribution in [3.63, 3.8) is 0 Å². The van der Waals surface area contributed by atoms with Crippen molar-refractivity contribution in [3.8, 4) is 0 Å². The van der Waals surface area contributed by atoms with Crippen LogP contribution in [0, 0.1) is 6.92 Å². The lowest BCUT2D eigenvalue weighted by molar-refractivity contribution is 0.508. The molecule has 19 heavy (non-hydrogen) atoms. The zero-order valence-electron chi connectivity index (χ0n) is 10.8. The smallest absolute Gasteiger partial charge is 0.161 e. The SMILES string of the molecule is Cc1cc(Br)c(NC2=NC3(CCCC3)CS2)cc1Cl. The Balaban J connectivity index is 1.81. The number of halogens is 2. The van der Waals surface area contributed by atoms with Gasteiger partial charge in [-0.3, -0.25) is 4.99 Å². The first-order valence-corrected chi connectivity index (χ1v) is 8.69. The summed E-state index contributed by atoms with van der Waals surface area (Å²) in [7, 11) is 0. The van der Waals surface area contributed by atoms with Crippen LogP contribution in [0.4, 0.5) is 5.69 Å². The Morgan fingerprint density at radius 3 is 2.84 bits per heavy atom. The van der Waals surface area contributed by atoms with Crippen LogP contribution in [0.3, 0.4) is 0 Å². The number of aliphatic imine (C=N–C) groups is 1. The molecule has 1 aromatic rings. The molecule has 1 aliphatic heterocycles. The number of benzene rings is 1. The first-order chi connectivity index (χ1) is 9.08. The third-order valence-electron chi connectivity index (χ3n) is 3.84. The van der Waals surface area contributed by atoms with Crippen LogP contribution >= 0.6 is 39.3 Å².